The summed E-state index contributed by atoms with van der Waals surface area (Å²) in [5.74, 6) is 0.582. The molecular formula is C16H17NO4. The summed E-state index contributed by atoms with van der Waals surface area (Å²) in [6.07, 6.45) is -0.632. The van der Waals surface area contributed by atoms with Crippen LogP contribution in [0.1, 0.15) is 29.7 Å². The Kier molecular flexibility index (Phi) is 4.55. The Balaban J connectivity index is 2.21. The summed E-state index contributed by atoms with van der Waals surface area (Å²) in [4.78, 5) is 10.5. The Labute approximate surface area is 123 Å². The highest BCUT2D eigenvalue weighted by molar-refractivity contribution is 5.44. The normalized spacial score (nSPS) is 12.0. The van der Waals surface area contributed by atoms with Crippen LogP contribution in [0.2, 0.25) is 0 Å². The Morgan fingerprint density at radius 3 is 2.62 bits per heavy atom. The molecule has 0 aliphatic carbocycles. The van der Waals surface area contributed by atoms with Crippen molar-refractivity contribution in [2.75, 3.05) is 0 Å². The molecule has 0 saturated heterocycles. The first-order chi connectivity index (χ1) is 10.0. The lowest BCUT2D eigenvalue weighted by molar-refractivity contribution is -0.385. The Morgan fingerprint density at radius 2 is 1.95 bits per heavy atom. The zero-order chi connectivity index (χ0) is 15.4. The van der Waals surface area contributed by atoms with Gasteiger partial charge in [-0.1, -0.05) is 30.3 Å². The van der Waals surface area contributed by atoms with Gasteiger partial charge in [0.1, 0.15) is 12.4 Å². The van der Waals surface area contributed by atoms with E-state index in [0.717, 1.165) is 5.56 Å². The van der Waals surface area contributed by atoms with Gasteiger partial charge in [-0.2, -0.15) is 0 Å². The van der Waals surface area contributed by atoms with Gasteiger partial charge >= 0.3 is 0 Å². The van der Waals surface area contributed by atoms with E-state index in [1.165, 1.54) is 6.07 Å². The molecule has 1 N–H and O–H groups in total. The lowest BCUT2D eigenvalue weighted by Gasteiger charge is -2.14. The molecular weight excluding hydrogens is 270 g/mol. The van der Waals surface area contributed by atoms with Gasteiger partial charge in [-0.25, -0.2) is 0 Å². The van der Waals surface area contributed by atoms with Crippen LogP contribution in [-0.2, 0) is 6.61 Å². The summed E-state index contributed by atoms with van der Waals surface area (Å²) in [5.41, 5.74) is 2.13. The molecule has 0 heterocycles. The van der Waals surface area contributed by atoms with Gasteiger partial charge < -0.3 is 9.84 Å². The molecule has 0 aromatic heterocycles. The van der Waals surface area contributed by atoms with E-state index in [-0.39, 0.29) is 12.3 Å². The van der Waals surface area contributed by atoms with E-state index in [2.05, 4.69) is 0 Å². The monoisotopic (exact) mass is 287 g/mol. The Bertz CT molecular complexity index is 652. The number of aliphatic hydroxyl groups excluding tert-OH is 1. The molecule has 2 aromatic rings. The molecule has 1 atom stereocenters. The van der Waals surface area contributed by atoms with E-state index in [1.54, 1.807) is 38.1 Å². The van der Waals surface area contributed by atoms with Gasteiger partial charge in [0.2, 0.25) is 0 Å². The van der Waals surface area contributed by atoms with E-state index >= 15 is 0 Å². The number of nitrogens with zero attached hydrogens (tertiary/aromatic N) is 1. The molecule has 0 bridgehead atoms. The highest BCUT2D eigenvalue weighted by Crippen LogP contribution is 2.27. The van der Waals surface area contributed by atoms with E-state index in [9.17, 15) is 15.2 Å². The predicted octanol–water partition coefficient (Wildman–Crippen LogP) is 3.54. The summed E-state index contributed by atoms with van der Waals surface area (Å²) in [5, 5.41) is 20.6. The second-order valence-electron chi connectivity index (χ2n) is 4.82. The number of nitro groups is 1. The summed E-state index contributed by atoms with van der Waals surface area (Å²) in [6, 6.07) is 12.1. The van der Waals surface area contributed by atoms with Crippen molar-refractivity contribution >= 4 is 5.69 Å². The molecule has 2 rings (SSSR count). The van der Waals surface area contributed by atoms with Crippen LogP contribution in [0.4, 0.5) is 5.69 Å². The summed E-state index contributed by atoms with van der Waals surface area (Å²) < 4.78 is 5.72. The van der Waals surface area contributed by atoms with Crippen molar-refractivity contribution in [1.29, 1.82) is 0 Å². The highest BCUT2D eigenvalue weighted by atomic mass is 16.6. The van der Waals surface area contributed by atoms with E-state index in [0.29, 0.717) is 16.9 Å². The molecule has 2 aromatic carbocycles. The number of hydrogen-bond acceptors (Lipinski definition) is 4. The second kappa shape index (κ2) is 6.37. The van der Waals surface area contributed by atoms with Crippen molar-refractivity contribution < 1.29 is 14.8 Å². The van der Waals surface area contributed by atoms with Crippen LogP contribution in [0.15, 0.2) is 42.5 Å². The summed E-state index contributed by atoms with van der Waals surface area (Å²) >= 11 is 0. The van der Waals surface area contributed by atoms with E-state index in [4.69, 9.17) is 4.74 Å². The van der Waals surface area contributed by atoms with Crippen LogP contribution in [0.5, 0.6) is 5.75 Å². The molecule has 110 valence electrons. The number of benzene rings is 2. The number of rotatable bonds is 5. The number of ether oxygens (including phenoxy) is 1. The molecule has 0 amide bonds. The highest BCUT2D eigenvalue weighted by Gasteiger charge is 2.14. The topological polar surface area (TPSA) is 72.6 Å². The average molecular weight is 287 g/mol. The van der Waals surface area contributed by atoms with Crippen LogP contribution < -0.4 is 4.74 Å². The van der Waals surface area contributed by atoms with Gasteiger partial charge in [-0.15, -0.1) is 0 Å². The van der Waals surface area contributed by atoms with Crippen molar-refractivity contribution in [1.82, 2.24) is 0 Å². The van der Waals surface area contributed by atoms with Crippen molar-refractivity contribution in [2.45, 2.75) is 26.6 Å². The lowest BCUT2D eigenvalue weighted by Crippen LogP contribution is -2.03. The molecule has 5 heteroatoms. The molecule has 0 unspecified atom stereocenters. The van der Waals surface area contributed by atoms with E-state index in [1.807, 2.05) is 12.1 Å². The van der Waals surface area contributed by atoms with Crippen molar-refractivity contribution in [3.63, 3.8) is 0 Å². The lowest BCUT2D eigenvalue weighted by atomic mass is 10.1. The molecule has 0 radical (unpaired) electrons. The van der Waals surface area contributed by atoms with Gasteiger partial charge in [-0.05, 0) is 25.5 Å². The number of para-hydroxylation sites is 1. The average Bonchev–Trinajstić information content (AvgIpc) is 2.46. The molecule has 21 heavy (non-hydrogen) atoms. The van der Waals surface area contributed by atoms with Gasteiger partial charge in [0.15, 0.2) is 0 Å². The maximum Gasteiger partial charge on any atom is 0.272 e. The number of nitro benzene ring substituents is 1. The Morgan fingerprint density at radius 1 is 1.24 bits per heavy atom. The van der Waals surface area contributed by atoms with Crippen LogP contribution in [0.25, 0.3) is 0 Å². The van der Waals surface area contributed by atoms with E-state index < -0.39 is 11.0 Å². The number of hydrogen-bond donors (Lipinski definition) is 1. The van der Waals surface area contributed by atoms with Crippen molar-refractivity contribution in [2.24, 2.45) is 0 Å². The first kappa shape index (κ1) is 15.0. The number of aliphatic hydroxyl groups is 1. The zero-order valence-electron chi connectivity index (χ0n) is 11.9. The standard InChI is InChI=1S/C16H17NO4/c1-11-13(6-5-8-15(11)17(19)20)10-21-16-9-4-3-7-14(16)12(2)18/h3-9,12,18H,10H2,1-2H3/t12-/m1/s1. The van der Waals surface area contributed by atoms with Crippen LogP contribution >= 0.6 is 0 Å². The van der Waals surface area contributed by atoms with Crippen LogP contribution in [0, 0.1) is 17.0 Å². The minimum Gasteiger partial charge on any atom is -0.489 e. The van der Waals surface area contributed by atoms with Crippen molar-refractivity contribution in [3.05, 3.63) is 69.3 Å². The van der Waals surface area contributed by atoms with Gasteiger partial charge in [0.05, 0.1) is 11.0 Å². The predicted molar refractivity (Wildman–Crippen MR) is 79.2 cm³/mol. The summed E-state index contributed by atoms with van der Waals surface area (Å²) in [7, 11) is 0. The first-order valence-corrected chi connectivity index (χ1v) is 6.63. The molecule has 0 fully saturated rings. The van der Waals surface area contributed by atoms with Gasteiger partial charge in [-0.3, -0.25) is 10.1 Å². The molecule has 0 saturated carbocycles. The minimum absolute atomic E-state index is 0.0833. The molecule has 0 aliphatic heterocycles. The second-order valence-corrected chi connectivity index (χ2v) is 4.82. The molecule has 0 aliphatic rings. The largest absolute Gasteiger partial charge is 0.489 e. The van der Waals surface area contributed by atoms with Crippen molar-refractivity contribution in [3.8, 4) is 5.75 Å². The maximum atomic E-state index is 10.9. The van der Waals surface area contributed by atoms with Gasteiger partial charge in [0, 0.05) is 17.2 Å². The van der Waals surface area contributed by atoms with Crippen LogP contribution in [0.3, 0.4) is 0 Å². The first-order valence-electron chi connectivity index (χ1n) is 6.63. The third kappa shape index (κ3) is 3.38. The quantitative estimate of drug-likeness (QED) is 0.674. The SMILES string of the molecule is Cc1c(COc2ccccc2[C@@H](C)O)cccc1[N+](=O)[O-]. The van der Waals surface area contributed by atoms with Crippen LogP contribution in [-0.4, -0.2) is 10.0 Å². The molecule has 5 nitrogen and oxygen atoms in total. The Hall–Kier alpha value is -2.40. The fourth-order valence-corrected chi connectivity index (χ4v) is 2.14. The molecule has 0 spiro atoms. The third-order valence-corrected chi connectivity index (χ3v) is 3.37. The smallest absolute Gasteiger partial charge is 0.272 e. The maximum absolute atomic E-state index is 10.9. The fourth-order valence-electron chi connectivity index (χ4n) is 2.14. The fraction of sp³-hybridized carbons (Fsp3) is 0.250. The zero-order valence-corrected chi connectivity index (χ0v) is 11.9. The summed E-state index contributed by atoms with van der Waals surface area (Å²) in [6.45, 7) is 3.59. The minimum atomic E-state index is -0.632. The third-order valence-electron chi connectivity index (χ3n) is 3.37. The van der Waals surface area contributed by atoms with Gasteiger partial charge in [0.25, 0.3) is 5.69 Å².